The number of furan rings is 1. The third kappa shape index (κ3) is 4.17. The third-order valence-electron chi connectivity index (χ3n) is 10.4. The Kier molecular flexibility index (Phi) is 6.05. The largest absolute Gasteiger partial charge is 0.456 e. The van der Waals surface area contributed by atoms with Crippen LogP contribution in [-0.2, 0) is 0 Å². The van der Waals surface area contributed by atoms with Crippen molar-refractivity contribution in [1.82, 2.24) is 19.8 Å². The van der Waals surface area contributed by atoms with Gasteiger partial charge in [0.15, 0.2) is 0 Å². The van der Waals surface area contributed by atoms with Crippen LogP contribution in [0.1, 0.15) is 23.5 Å². The SMILES string of the molecule is c1ccc(C2N=C(n3c4ccccc4c4c3ccc3c5ccc6oc7ccccc7c6c5n(-c5ccccc5)c34)NC(c3ccccc3)N2)cc1. The lowest BCUT2D eigenvalue weighted by Crippen LogP contribution is -2.47. The van der Waals surface area contributed by atoms with E-state index >= 15 is 0 Å². The highest BCUT2D eigenvalue weighted by Gasteiger charge is 2.29. The molecule has 2 N–H and O–H groups in total. The fourth-order valence-electron chi connectivity index (χ4n) is 8.19. The van der Waals surface area contributed by atoms with Crippen molar-refractivity contribution in [3.05, 3.63) is 175 Å². The molecule has 10 aromatic rings. The molecule has 6 heteroatoms. The summed E-state index contributed by atoms with van der Waals surface area (Å²) in [6.07, 6.45) is -0.395. The van der Waals surface area contributed by atoms with Crippen molar-refractivity contribution >= 4 is 71.5 Å². The molecule has 4 heterocycles. The molecular weight excluding hydrogens is 627 g/mol. The van der Waals surface area contributed by atoms with Gasteiger partial charge in [-0.05, 0) is 53.6 Å². The summed E-state index contributed by atoms with van der Waals surface area (Å²) in [5.74, 6) is 0.799. The van der Waals surface area contributed by atoms with Crippen molar-refractivity contribution in [3.8, 4) is 5.69 Å². The Morgan fingerprint density at radius 1 is 0.471 bits per heavy atom. The molecule has 0 amide bonds. The van der Waals surface area contributed by atoms with Gasteiger partial charge in [-0.25, -0.2) is 4.99 Å². The fourth-order valence-corrected chi connectivity index (χ4v) is 8.19. The minimum Gasteiger partial charge on any atom is -0.456 e. The Hall–Kier alpha value is -6.63. The number of benzene rings is 7. The number of hydrogen-bond acceptors (Lipinski definition) is 4. The van der Waals surface area contributed by atoms with Crippen LogP contribution in [0.2, 0.25) is 0 Å². The molecule has 3 aromatic heterocycles. The highest BCUT2D eigenvalue weighted by molar-refractivity contribution is 6.31. The van der Waals surface area contributed by atoms with Gasteiger partial charge in [0.2, 0.25) is 5.96 Å². The summed E-state index contributed by atoms with van der Waals surface area (Å²) < 4.78 is 11.2. The van der Waals surface area contributed by atoms with Crippen molar-refractivity contribution < 1.29 is 4.42 Å². The number of para-hydroxylation sites is 3. The van der Waals surface area contributed by atoms with Gasteiger partial charge in [0.1, 0.15) is 23.5 Å². The fraction of sp³-hybridized carbons (Fsp3) is 0.0444. The zero-order chi connectivity index (χ0) is 33.5. The summed E-state index contributed by atoms with van der Waals surface area (Å²) in [5.41, 5.74) is 9.63. The van der Waals surface area contributed by atoms with Crippen molar-refractivity contribution in [2.75, 3.05) is 0 Å². The van der Waals surface area contributed by atoms with E-state index in [1.165, 1.54) is 21.5 Å². The molecule has 0 saturated heterocycles. The van der Waals surface area contributed by atoms with Gasteiger partial charge < -0.3 is 14.3 Å². The second kappa shape index (κ2) is 10.9. The first-order valence-corrected chi connectivity index (χ1v) is 17.4. The Labute approximate surface area is 292 Å². The molecule has 0 fully saturated rings. The zero-order valence-corrected chi connectivity index (χ0v) is 27.5. The average Bonchev–Trinajstić information content (AvgIpc) is 3.86. The summed E-state index contributed by atoms with van der Waals surface area (Å²) >= 11 is 0. The van der Waals surface area contributed by atoms with Crippen molar-refractivity contribution in [2.24, 2.45) is 4.99 Å². The summed E-state index contributed by atoms with van der Waals surface area (Å²) in [6, 6.07) is 57.7. The van der Waals surface area contributed by atoms with Gasteiger partial charge in [-0.3, -0.25) is 9.88 Å². The molecular formula is C45H31N5O. The summed E-state index contributed by atoms with van der Waals surface area (Å²) in [6.45, 7) is 0. The molecule has 1 aliphatic rings. The van der Waals surface area contributed by atoms with Crippen LogP contribution in [0.25, 0.3) is 71.2 Å². The molecule has 51 heavy (non-hydrogen) atoms. The van der Waals surface area contributed by atoms with E-state index in [9.17, 15) is 0 Å². The van der Waals surface area contributed by atoms with Gasteiger partial charge in [-0.1, -0.05) is 121 Å². The molecule has 6 nitrogen and oxygen atoms in total. The van der Waals surface area contributed by atoms with Crippen molar-refractivity contribution in [1.29, 1.82) is 0 Å². The van der Waals surface area contributed by atoms with E-state index < -0.39 is 0 Å². The van der Waals surface area contributed by atoms with E-state index in [1.807, 2.05) is 12.1 Å². The molecule has 0 saturated carbocycles. The zero-order valence-electron chi connectivity index (χ0n) is 27.5. The molecule has 0 aliphatic carbocycles. The monoisotopic (exact) mass is 657 g/mol. The second-order valence-electron chi connectivity index (χ2n) is 13.2. The number of nitrogens with one attached hydrogen (secondary N) is 2. The van der Waals surface area contributed by atoms with E-state index in [1.54, 1.807) is 0 Å². The number of aliphatic imine (C=N–C) groups is 1. The molecule has 2 atom stereocenters. The standard InChI is InChI=1S/C45H31N5O/c1-4-14-28(15-5-1)43-46-44(29-16-6-2-7-17-29)48-45(47-43)50-35-22-12-10-20-33(35)39-36(50)26-24-31-32-25-27-38-40(34-21-11-13-23-37(34)51-38)42(32)49(41(31)39)30-18-8-3-9-19-30/h1-27,43-44,46H,(H,47,48). The smallest absolute Gasteiger partial charge is 0.206 e. The highest BCUT2D eigenvalue weighted by Crippen LogP contribution is 2.45. The predicted molar refractivity (Wildman–Crippen MR) is 209 cm³/mol. The van der Waals surface area contributed by atoms with Crippen LogP contribution in [0.5, 0.6) is 0 Å². The van der Waals surface area contributed by atoms with E-state index in [2.05, 4.69) is 171 Å². The molecule has 0 radical (unpaired) electrons. The number of aromatic nitrogens is 2. The average molecular weight is 658 g/mol. The first-order chi connectivity index (χ1) is 25.3. The quantitative estimate of drug-likeness (QED) is 0.199. The highest BCUT2D eigenvalue weighted by atomic mass is 16.3. The lowest BCUT2D eigenvalue weighted by molar-refractivity contribution is 0.403. The predicted octanol–water partition coefficient (Wildman–Crippen LogP) is 10.6. The maximum absolute atomic E-state index is 6.43. The van der Waals surface area contributed by atoms with Crippen molar-refractivity contribution in [3.63, 3.8) is 0 Å². The molecule has 11 rings (SSSR count). The molecule has 0 bridgehead atoms. The molecule has 0 spiro atoms. The number of nitrogens with zero attached hydrogens (tertiary/aromatic N) is 3. The maximum Gasteiger partial charge on any atom is 0.206 e. The lowest BCUT2D eigenvalue weighted by atomic mass is 10.1. The van der Waals surface area contributed by atoms with Crippen LogP contribution in [0.3, 0.4) is 0 Å². The van der Waals surface area contributed by atoms with Gasteiger partial charge >= 0.3 is 0 Å². The van der Waals surface area contributed by atoms with Gasteiger partial charge in [0, 0.05) is 32.6 Å². The molecule has 2 unspecified atom stereocenters. The summed E-state index contributed by atoms with van der Waals surface area (Å²) in [7, 11) is 0. The van der Waals surface area contributed by atoms with Crippen LogP contribution in [0, 0.1) is 0 Å². The third-order valence-corrected chi connectivity index (χ3v) is 10.4. The normalized spacial score (nSPS) is 16.4. The molecule has 242 valence electrons. The van der Waals surface area contributed by atoms with Crippen LogP contribution >= 0.6 is 0 Å². The Bertz CT molecular complexity index is 2970. The topological polar surface area (TPSA) is 59.4 Å². The van der Waals surface area contributed by atoms with Gasteiger partial charge in [0.05, 0.1) is 27.5 Å². The lowest BCUT2D eigenvalue weighted by Gasteiger charge is -2.32. The minimum atomic E-state index is -0.244. The van der Waals surface area contributed by atoms with Gasteiger partial charge in [0.25, 0.3) is 0 Å². The van der Waals surface area contributed by atoms with Crippen LogP contribution < -0.4 is 10.6 Å². The summed E-state index contributed by atoms with van der Waals surface area (Å²) in [4.78, 5) is 5.38. The van der Waals surface area contributed by atoms with Crippen molar-refractivity contribution in [2.45, 2.75) is 12.3 Å². The Balaban J connectivity index is 1.26. The van der Waals surface area contributed by atoms with Gasteiger partial charge in [-0.15, -0.1) is 0 Å². The number of hydrogen-bond donors (Lipinski definition) is 2. The van der Waals surface area contributed by atoms with Crippen LogP contribution in [0.4, 0.5) is 0 Å². The maximum atomic E-state index is 6.43. The van der Waals surface area contributed by atoms with E-state index in [-0.39, 0.29) is 12.3 Å². The summed E-state index contributed by atoms with van der Waals surface area (Å²) in [5, 5.41) is 14.5. The number of rotatable bonds is 3. The van der Waals surface area contributed by atoms with E-state index in [4.69, 9.17) is 9.41 Å². The molecule has 7 aromatic carbocycles. The number of fused-ring (bicyclic) bond motifs is 11. The second-order valence-corrected chi connectivity index (χ2v) is 13.2. The van der Waals surface area contributed by atoms with Crippen LogP contribution in [-0.4, -0.2) is 15.1 Å². The Morgan fingerprint density at radius 2 is 1.10 bits per heavy atom. The first kappa shape index (κ1) is 28.2. The van der Waals surface area contributed by atoms with Crippen LogP contribution in [0.15, 0.2) is 173 Å². The minimum absolute atomic E-state index is 0.151. The van der Waals surface area contributed by atoms with E-state index in [0.29, 0.717) is 0 Å². The van der Waals surface area contributed by atoms with E-state index in [0.717, 1.165) is 66.8 Å². The Morgan fingerprint density at radius 3 is 1.88 bits per heavy atom. The molecule has 1 aliphatic heterocycles. The van der Waals surface area contributed by atoms with Gasteiger partial charge in [-0.2, -0.15) is 0 Å². The first-order valence-electron chi connectivity index (χ1n) is 17.4.